The van der Waals surface area contributed by atoms with Crippen LogP contribution < -0.4 is 5.32 Å². The summed E-state index contributed by atoms with van der Waals surface area (Å²) in [7, 11) is 0. The fraction of sp³-hybridized carbons (Fsp3) is 0.0625. The van der Waals surface area contributed by atoms with Crippen LogP contribution in [0.25, 0.3) is 5.69 Å². The summed E-state index contributed by atoms with van der Waals surface area (Å²) in [5, 5.41) is 19.2. The lowest BCUT2D eigenvalue weighted by molar-refractivity contribution is 0.102. The van der Waals surface area contributed by atoms with Crippen LogP contribution in [-0.2, 0) is 6.61 Å². The van der Waals surface area contributed by atoms with Crippen LogP contribution in [0.5, 0.6) is 0 Å². The third-order valence-electron chi connectivity index (χ3n) is 3.27. The number of hydrogen-bond donors (Lipinski definition) is 2. The van der Waals surface area contributed by atoms with E-state index in [-0.39, 0.29) is 23.0 Å². The van der Waals surface area contributed by atoms with E-state index >= 15 is 0 Å². The van der Waals surface area contributed by atoms with Gasteiger partial charge in [-0.05, 0) is 29.8 Å². The first-order chi connectivity index (χ1) is 11.6. The van der Waals surface area contributed by atoms with Gasteiger partial charge in [0.25, 0.3) is 5.91 Å². The van der Waals surface area contributed by atoms with Gasteiger partial charge in [-0.15, -0.1) is 5.10 Å². The fourth-order valence-corrected chi connectivity index (χ4v) is 2.27. The Bertz CT molecular complexity index is 897. The highest BCUT2D eigenvalue weighted by molar-refractivity contribution is 6.30. The number of amides is 1. The molecule has 0 unspecified atom stereocenters. The van der Waals surface area contributed by atoms with E-state index in [2.05, 4.69) is 15.6 Å². The summed E-state index contributed by atoms with van der Waals surface area (Å²) in [5.74, 6) is -1.15. The van der Waals surface area contributed by atoms with Gasteiger partial charge in [0.1, 0.15) is 5.69 Å². The number of halogens is 2. The molecule has 0 fully saturated rings. The second kappa shape index (κ2) is 6.77. The third-order valence-corrected chi connectivity index (χ3v) is 3.56. The number of rotatable bonds is 4. The molecule has 1 amide bonds. The Kier molecular flexibility index (Phi) is 4.54. The molecule has 24 heavy (non-hydrogen) atoms. The number of nitrogens with one attached hydrogen (secondary N) is 1. The van der Waals surface area contributed by atoms with Crippen molar-refractivity contribution in [2.24, 2.45) is 0 Å². The maximum Gasteiger partial charge on any atom is 0.277 e. The summed E-state index contributed by atoms with van der Waals surface area (Å²) in [6, 6.07) is 11.2. The Balaban J connectivity index is 1.82. The van der Waals surface area contributed by atoms with Gasteiger partial charge in [0, 0.05) is 5.69 Å². The summed E-state index contributed by atoms with van der Waals surface area (Å²) in [4.78, 5) is 12.2. The minimum atomic E-state index is -0.647. The Morgan fingerprint density at radius 2 is 2.08 bits per heavy atom. The zero-order valence-corrected chi connectivity index (χ0v) is 13.0. The van der Waals surface area contributed by atoms with Crippen LogP contribution >= 0.6 is 11.6 Å². The summed E-state index contributed by atoms with van der Waals surface area (Å²) >= 11 is 5.73. The van der Waals surface area contributed by atoms with Crippen LogP contribution in [-0.4, -0.2) is 26.0 Å². The topological polar surface area (TPSA) is 80.0 Å². The molecule has 0 radical (unpaired) electrons. The Hall–Kier alpha value is -2.77. The Morgan fingerprint density at radius 3 is 2.88 bits per heavy atom. The summed E-state index contributed by atoms with van der Waals surface area (Å²) < 4.78 is 15.1. The fourth-order valence-electron chi connectivity index (χ4n) is 2.10. The van der Waals surface area contributed by atoms with Crippen LogP contribution in [0.15, 0.2) is 48.7 Å². The van der Waals surface area contributed by atoms with E-state index < -0.39 is 11.7 Å². The molecule has 0 aliphatic rings. The van der Waals surface area contributed by atoms with Crippen molar-refractivity contribution in [1.29, 1.82) is 0 Å². The molecule has 0 aliphatic carbocycles. The molecule has 1 heterocycles. The third kappa shape index (κ3) is 3.27. The molecule has 3 aromatic rings. The molecular weight excluding hydrogens is 335 g/mol. The van der Waals surface area contributed by atoms with Crippen molar-refractivity contribution < 1.29 is 14.3 Å². The van der Waals surface area contributed by atoms with Crippen LogP contribution in [0.3, 0.4) is 0 Å². The van der Waals surface area contributed by atoms with Crippen LogP contribution in [0.2, 0.25) is 5.02 Å². The lowest BCUT2D eigenvalue weighted by Crippen LogP contribution is -2.12. The molecule has 3 rings (SSSR count). The summed E-state index contributed by atoms with van der Waals surface area (Å²) in [5.41, 5.74) is 1.28. The lowest BCUT2D eigenvalue weighted by Gasteiger charge is -2.04. The van der Waals surface area contributed by atoms with Gasteiger partial charge in [0.05, 0.1) is 17.8 Å². The van der Waals surface area contributed by atoms with E-state index in [0.717, 1.165) is 4.68 Å². The van der Waals surface area contributed by atoms with Gasteiger partial charge in [0.2, 0.25) is 0 Å². The molecule has 6 nitrogen and oxygen atoms in total. The molecule has 0 atom stereocenters. The van der Waals surface area contributed by atoms with Crippen molar-refractivity contribution >= 4 is 23.2 Å². The molecule has 8 heteroatoms. The number of benzene rings is 2. The predicted octanol–water partition coefficient (Wildman–Crippen LogP) is 2.80. The number of aromatic nitrogens is 3. The Labute approximate surface area is 141 Å². The number of carbonyl (C=O) groups is 1. The van der Waals surface area contributed by atoms with Gasteiger partial charge < -0.3 is 10.4 Å². The highest BCUT2D eigenvalue weighted by atomic mass is 35.5. The SMILES string of the molecule is O=C(Nc1cccc(CO)c1)c1cn(-c2cccc(Cl)c2F)nn1. The lowest BCUT2D eigenvalue weighted by atomic mass is 10.2. The average molecular weight is 347 g/mol. The van der Waals surface area contributed by atoms with Gasteiger partial charge in [-0.25, -0.2) is 9.07 Å². The number of aliphatic hydroxyl groups is 1. The molecule has 0 saturated carbocycles. The van der Waals surface area contributed by atoms with Crippen LogP contribution in [0, 0.1) is 5.82 Å². The average Bonchev–Trinajstić information content (AvgIpc) is 3.07. The molecule has 0 aliphatic heterocycles. The van der Waals surface area contributed by atoms with E-state index in [1.54, 1.807) is 30.3 Å². The molecule has 0 saturated heterocycles. The van der Waals surface area contributed by atoms with E-state index in [4.69, 9.17) is 16.7 Å². The van der Waals surface area contributed by atoms with Crippen molar-refractivity contribution in [2.45, 2.75) is 6.61 Å². The van der Waals surface area contributed by atoms with Crippen molar-refractivity contribution in [1.82, 2.24) is 15.0 Å². The summed E-state index contributed by atoms with van der Waals surface area (Å²) in [6.45, 7) is -0.131. The van der Waals surface area contributed by atoms with E-state index in [9.17, 15) is 9.18 Å². The standard InChI is InChI=1S/C16H12ClFN4O2/c17-12-5-2-6-14(15(12)18)22-8-13(20-21-22)16(24)19-11-4-1-3-10(7-11)9-23/h1-8,23H,9H2,(H,19,24). The predicted molar refractivity (Wildman–Crippen MR) is 86.6 cm³/mol. The normalized spacial score (nSPS) is 10.6. The highest BCUT2D eigenvalue weighted by Crippen LogP contribution is 2.20. The first-order valence-electron chi connectivity index (χ1n) is 6.96. The number of aliphatic hydroxyl groups excluding tert-OH is 1. The van der Waals surface area contributed by atoms with Crippen molar-refractivity contribution in [3.8, 4) is 5.69 Å². The molecular formula is C16H12ClFN4O2. The Morgan fingerprint density at radius 1 is 1.29 bits per heavy atom. The van der Waals surface area contributed by atoms with Crippen molar-refractivity contribution in [3.63, 3.8) is 0 Å². The van der Waals surface area contributed by atoms with E-state index in [1.807, 2.05) is 0 Å². The minimum Gasteiger partial charge on any atom is -0.392 e. The van der Waals surface area contributed by atoms with Crippen LogP contribution in [0.4, 0.5) is 10.1 Å². The van der Waals surface area contributed by atoms with Crippen molar-refractivity contribution in [3.05, 3.63) is 70.8 Å². The highest BCUT2D eigenvalue weighted by Gasteiger charge is 2.15. The monoisotopic (exact) mass is 346 g/mol. The number of carbonyl (C=O) groups excluding carboxylic acids is 1. The van der Waals surface area contributed by atoms with E-state index in [1.165, 1.54) is 18.3 Å². The maximum atomic E-state index is 14.0. The van der Waals surface area contributed by atoms with Gasteiger partial charge in [0.15, 0.2) is 11.5 Å². The minimum absolute atomic E-state index is 0.0174. The number of nitrogens with zero attached hydrogens (tertiary/aromatic N) is 3. The molecule has 1 aromatic heterocycles. The second-order valence-electron chi connectivity index (χ2n) is 4.93. The molecule has 0 bridgehead atoms. The van der Waals surface area contributed by atoms with Crippen molar-refractivity contribution in [2.75, 3.05) is 5.32 Å². The van der Waals surface area contributed by atoms with E-state index in [0.29, 0.717) is 11.3 Å². The summed E-state index contributed by atoms with van der Waals surface area (Å²) in [6.07, 6.45) is 1.31. The zero-order valence-electron chi connectivity index (χ0n) is 12.3. The molecule has 0 spiro atoms. The molecule has 2 aromatic carbocycles. The van der Waals surface area contributed by atoms with Gasteiger partial charge in [-0.3, -0.25) is 4.79 Å². The number of hydrogen-bond acceptors (Lipinski definition) is 4. The first kappa shape index (κ1) is 16.1. The zero-order chi connectivity index (χ0) is 17.1. The van der Waals surface area contributed by atoms with Gasteiger partial charge in [-0.1, -0.05) is 35.0 Å². The largest absolute Gasteiger partial charge is 0.392 e. The van der Waals surface area contributed by atoms with Gasteiger partial charge >= 0.3 is 0 Å². The smallest absolute Gasteiger partial charge is 0.277 e. The maximum absolute atomic E-state index is 14.0. The first-order valence-corrected chi connectivity index (χ1v) is 7.34. The quantitative estimate of drug-likeness (QED) is 0.761. The van der Waals surface area contributed by atoms with Gasteiger partial charge in [-0.2, -0.15) is 0 Å². The number of anilines is 1. The van der Waals surface area contributed by atoms with Crippen LogP contribution in [0.1, 0.15) is 16.1 Å². The molecule has 122 valence electrons. The molecule has 2 N–H and O–H groups in total. The second-order valence-corrected chi connectivity index (χ2v) is 5.34.